The summed E-state index contributed by atoms with van der Waals surface area (Å²) >= 11 is 0. The molecule has 0 saturated heterocycles. The lowest BCUT2D eigenvalue weighted by Crippen LogP contribution is -2.34. The number of fused-ring (bicyclic) bond motifs is 2. The summed E-state index contributed by atoms with van der Waals surface area (Å²) in [6.07, 6.45) is 6.47. The Hall–Kier alpha value is -5.78. The molecule has 0 aliphatic carbocycles. The molecule has 46 heavy (non-hydrogen) atoms. The van der Waals surface area contributed by atoms with Crippen LogP contribution in [-0.4, -0.2) is 49.8 Å². The highest BCUT2D eigenvalue weighted by atomic mass is 32.2. The van der Waals surface area contributed by atoms with Gasteiger partial charge >= 0.3 is 0 Å². The van der Waals surface area contributed by atoms with E-state index in [-0.39, 0.29) is 29.1 Å². The monoisotopic (exact) mass is 635 g/mol. The van der Waals surface area contributed by atoms with Gasteiger partial charge in [-0.05, 0) is 42.6 Å². The van der Waals surface area contributed by atoms with Crippen molar-refractivity contribution in [3.05, 3.63) is 118 Å². The first-order chi connectivity index (χ1) is 22.1. The van der Waals surface area contributed by atoms with E-state index in [2.05, 4.69) is 41.8 Å². The van der Waals surface area contributed by atoms with Gasteiger partial charge in [0.2, 0.25) is 0 Å². The molecule has 0 fully saturated rings. The first-order valence-corrected chi connectivity index (χ1v) is 15.8. The number of anilines is 1. The maximum atomic E-state index is 14.3. The molecule has 1 amide bonds. The average Bonchev–Trinajstić information content (AvgIpc) is 3.62. The predicted octanol–water partition coefficient (Wildman–Crippen LogP) is 2.92. The third-order valence-corrected chi connectivity index (χ3v) is 8.25. The van der Waals surface area contributed by atoms with Crippen LogP contribution in [-0.2, 0) is 17.3 Å². The Balaban J connectivity index is 1.45. The van der Waals surface area contributed by atoms with Crippen LogP contribution in [0.15, 0.2) is 90.2 Å². The van der Waals surface area contributed by atoms with Gasteiger partial charge in [-0.15, -0.1) is 5.10 Å². The molecule has 14 heteroatoms. The number of nitrogens with one attached hydrogen (secondary N) is 3. The number of hydrogen-bond donors (Lipinski definition) is 3. The number of para-hydroxylation sites is 1. The van der Waals surface area contributed by atoms with Gasteiger partial charge in [0.25, 0.3) is 21.7 Å². The Kier molecular flexibility index (Phi) is 8.10. The van der Waals surface area contributed by atoms with Crippen LogP contribution in [0.25, 0.3) is 22.1 Å². The number of hydrogen-bond acceptors (Lipinski definition) is 7. The summed E-state index contributed by atoms with van der Waals surface area (Å²) in [5.41, 5.74) is 2.12. The van der Waals surface area contributed by atoms with E-state index in [1.54, 1.807) is 73.0 Å². The van der Waals surface area contributed by atoms with Gasteiger partial charge in [-0.3, -0.25) is 23.6 Å². The molecule has 1 unspecified atom stereocenters. The molecular formula is C32H29N9O4S. The second-order valence-electron chi connectivity index (χ2n) is 10.4. The van der Waals surface area contributed by atoms with Crippen LogP contribution in [0.2, 0.25) is 0 Å². The molecule has 6 rings (SSSR count). The fourth-order valence-corrected chi connectivity index (χ4v) is 5.99. The zero-order chi connectivity index (χ0) is 32.4. The third kappa shape index (κ3) is 5.96. The molecule has 0 bridgehead atoms. The second kappa shape index (κ2) is 12.3. The lowest BCUT2D eigenvalue weighted by atomic mass is 10.0. The van der Waals surface area contributed by atoms with E-state index in [1.807, 2.05) is 36.4 Å². The third-order valence-electron chi connectivity index (χ3n) is 7.12. The minimum atomic E-state index is -4.01. The molecule has 13 nitrogen and oxygen atoms in total. The van der Waals surface area contributed by atoms with Crippen molar-refractivity contribution in [3.8, 4) is 17.5 Å². The van der Waals surface area contributed by atoms with Gasteiger partial charge in [0.15, 0.2) is 11.5 Å². The summed E-state index contributed by atoms with van der Waals surface area (Å²) in [5.74, 6) is 5.37. The Bertz CT molecular complexity index is 2330. The van der Waals surface area contributed by atoms with Gasteiger partial charge in [0, 0.05) is 49.1 Å². The lowest BCUT2D eigenvalue weighted by molar-refractivity contribution is 0.0941. The molecule has 0 spiro atoms. The number of nitrogens with zero attached hydrogens (tertiary/aromatic N) is 6. The Labute approximate surface area is 264 Å². The number of carbonyl (C=O) groups is 1. The van der Waals surface area contributed by atoms with Crippen molar-refractivity contribution >= 4 is 38.4 Å². The largest absolute Gasteiger partial charge is 0.344 e. The molecule has 0 aliphatic heterocycles. The first-order valence-electron chi connectivity index (χ1n) is 14.3. The molecule has 232 valence electrons. The smallest absolute Gasteiger partial charge is 0.300 e. The Morgan fingerprint density at radius 1 is 1.07 bits per heavy atom. The fourth-order valence-electron chi connectivity index (χ4n) is 5.14. The van der Waals surface area contributed by atoms with Crippen LogP contribution in [0.3, 0.4) is 0 Å². The van der Waals surface area contributed by atoms with E-state index in [1.165, 1.54) is 10.7 Å². The van der Waals surface area contributed by atoms with Crippen molar-refractivity contribution in [2.75, 3.05) is 11.3 Å². The molecule has 6 aromatic rings. The highest BCUT2D eigenvalue weighted by Crippen LogP contribution is 2.25. The van der Waals surface area contributed by atoms with E-state index in [0.717, 1.165) is 0 Å². The fraction of sp³-hybridized carbons (Fsp3) is 0.156. The summed E-state index contributed by atoms with van der Waals surface area (Å²) in [7, 11) is -2.21. The van der Waals surface area contributed by atoms with E-state index in [9.17, 15) is 18.0 Å². The number of benzene rings is 2. The number of amides is 1. The van der Waals surface area contributed by atoms with Gasteiger partial charge in [0.1, 0.15) is 5.56 Å². The molecule has 3 N–H and O–H groups in total. The molecule has 0 saturated carbocycles. The van der Waals surface area contributed by atoms with Crippen molar-refractivity contribution in [2.45, 2.75) is 19.9 Å². The van der Waals surface area contributed by atoms with Crippen LogP contribution in [0.1, 0.15) is 47.1 Å². The van der Waals surface area contributed by atoms with Crippen LogP contribution in [0, 0.1) is 11.8 Å². The number of aromatic nitrogens is 6. The topological polar surface area (TPSA) is 157 Å². The number of rotatable bonds is 8. The summed E-state index contributed by atoms with van der Waals surface area (Å²) in [4.78, 5) is 32.4. The lowest BCUT2D eigenvalue weighted by Gasteiger charge is -2.21. The minimum Gasteiger partial charge on any atom is -0.344 e. The first kappa shape index (κ1) is 30.3. The van der Waals surface area contributed by atoms with Crippen LogP contribution >= 0.6 is 0 Å². The van der Waals surface area contributed by atoms with Crippen molar-refractivity contribution in [1.29, 1.82) is 0 Å². The van der Waals surface area contributed by atoms with E-state index >= 15 is 0 Å². The summed E-state index contributed by atoms with van der Waals surface area (Å²) < 4.78 is 34.2. The molecule has 4 aromatic heterocycles. The normalized spacial score (nSPS) is 12.1. The number of carbonyl (C=O) groups excluding carboxylic acids is 1. The quantitative estimate of drug-likeness (QED) is 0.217. The van der Waals surface area contributed by atoms with Gasteiger partial charge in [-0.25, -0.2) is 9.50 Å². The van der Waals surface area contributed by atoms with Crippen LogP contribution < -0.4 is 20.3 Å². The van der Waals surface area contributed by atoms with Crippen molar-refractivity contribution in [1.82, 2.24) is 39.0 Å². The highest BCUT2D eigenvalue weighted by molar-refractivity contribution is 7.90. The van der Waals surface area contributed by atoms with Crippen LogP contribution in [0.5, 0.6) is 0 Å². The molecule has 2 aromatic carbocycles. The summed E-state index contributed by atoms with van der Waals surface area (Å²) in [5, 5.41) is 12.4. The average molecular weight is 636 g/mol. The van der Waals surface area contributed by atoms with E-state index in [4.69, 9.17) is 0 Å². The molecule has 0 aliphatic rings. The van der Waals surface area contributed by atoms with Crippen molar-refractivity contribution < 1.29 is 13.2 Å². The number of pyridine rings is 1. The predicted molar refractivity (Wildman–Crippen MR) is 174 cm³/mol. The van der Waals surface area contributed by atoms with Crippen LogP contribution in [0.4, 0.5) is 5.82 Å². The maximum absolute atomic E-state index is 14.3. The van der Waals surface area contributed by atoms with Gasteiger partial charge < -0.3 is 5.32 Å². The van der Waals surface area contributed by atoms with E-state index in [0.29, 0.717) is 33.3 Å². The van der Waals surface area contributed by atoms with E-state index < -0.39 is 22.2 Å². The second-order valence-corrected chi connectivity index (χ2v) is 11.9. The molecule has 0 radical (unpaired) electrons. The van der Waals surface area contributed by atoms with Crippen molar-refractivity contribution in [3.63, 3.8) is 0 Å². The highest BCUT2D eigenvalue weighted by Gasteiger charge is 2.27. The molecule has 4 heterocycles. The van der Waals surface area contributed by atoms with Gasteiger partial charge in [0.05, 0.1) is 23.2 Å². The molecule has 1 atom stereocenters. The maximum Gasteiger partial charge on any atom is 0.300 e. The minimum absolute atomic E-state index is 0.0729. The van der Waals surface area contributed by atoms with Gasteiger partial charge in [-0.2, -0.15) is 18.2 Å². The Morgan fingerprint density at radius 3 is 2.61 bits per heavy atom. The number of aryl methyl sites for hydroxylation is 1. The Morgan fingerprint density at radius 2 is 1.87 bits per heavy atom. The zero-order valence-electron chi connectivity index (χ0n) is 25.1. The zero-order valence-corrected chi connectivity index (χ0v) is 25.9. The summed E-state index contributed by atoms with van der Waals surface area (Å²) in [6.45, 7) is 3.51. The van der Waals surface area contributed by atoms with Gasteiger partial charge in [-0.1, -0.05) is 49.1 Å². The SMILES string of the molecule is CCNS(=O)(=O)Nc1nn2cccnc2c1C(=O)NC(C)c1cc2cccc(C#Cc3cnn(C)c3)c2c(=O)n1-c1ccccc1. The standard InChI is InChI=1S/C32H29N9O4S/c1-4-35-46(44,45)38-29-28(30-33-16-9-17-40(30)37-29)31(42)36-21(2)26-18-24-11-8-10-23(15-14-22-19-34-39(3)20-22)27(24)32(43)41(26)25-12-6-5-7-13-25/h5-13,16-21,35H,4H2,1-3H3,(H,36,42)(H,37,38). The van der Waals surface area contributed by atoms with Crippen molar-refractivity contribution in [2.24, 2.45) is 7.05 Å². The molecular weight excluding hydrogens is 606 g/mol. The summed E-state index contributed by atoms with van der Waals surface area (Å²) in [6, 6.07) is 17.2.